The molecule has 3 nitrogen and oxygen atoms in total. The third-order valence-electron chi connectivity index (χ3n) is 2.73. The van der Waals surface area contributed by atoms with E-state index in [0.29, 0.717) is 5.56 Å². The van der Waals surface area contributed by atoms with Gasteiger partial charge in [-0.05, 0) is 31.0 Å². The summed E-state index contributed by atoms with van der Waals surface area (Å²) in [6.45, 7) is 4.67. The average molecular weight is 250 g/mol. The molecule has 1 aromatic rings. The second-order valence-corrected chi connectivity index (χ2v) is 5.99. The van der Waals surface area contributed by atoms with Crippen LogP contribution in [0, 0.1) is 18.3 Å². The maximum atomic E-state index is 11.2. The van der Waals surface area contributed by atoms with E-state index in [1.807, 2.05) is 32.0 Å². The standard InChI is InChI=1S/C13H18N2OS/c1-10-4-5-13(12(8-10)9-14)15-7-6-11(2)17(3)16/h4-5,8,11,15H,6-7H2,1-3H3. The Morgan fingerprint density at radius 1 is 1.53 bits per heavy atom. The van der Waals surface area contributed by atoms with Gasteiger partial charge in [0, 0.05) is 28.9 Å². The molecule has 0 amide bonds. The fourth-order valence-electron chi connectivity index (χ4n) is 1.48. The molecule has 92 valence electrons. The molecule has 2 unspecified atom stereocenters. The van der Waals surface area contributed by atoms with E-state index in [9.17, 15) is 4.21 Å². The van der Waals surface area contributed by atoms with Crippen LogP contribution in [0.25, 0.3) is 0 Å². The Hall–Kier alpha value is -1.34. The number of nitriles is 1. The highest BCUT2D eigenvalue weighted by molar-refractivity contribution is 7.84. The van der Waals surface area contributed by atoms with Crippen LogP contribution in [0.3, 0.4) is 0 Å². The van der Waals surface area contributed by atoms with Gasteiger partial charge in [0.25, 0.3) is 0 Å². The van der Waals surface area contributed by atoms with Crippen molar-refractivity contribution in [3.63, 3.8) is 0 Å². The van der Waals surface area contributed by atoms with Crippen LogP contribution < -0.4 is 5.32 Å². The maximum Gasteiger partial charge on any atom is 0.101 e. The second-order valence-electron chi connectivity index (χ2n) is 4.19. The van der Waals surface area contributed by atoms with Gasteiger partial charge in [-0.1, -0.05) is 13.0 Å². The summed E-state index contributed by atoms with van der Waals surface area (Å²) in [5.41, 5.74) is 2.59. The van der Waals surface area contributed by atoms with Crippen LogP contribution in [0.15, 0.2) is 18.2 Å². The number of hydrogen-bond donors (Lipinski definition) is 1. The molecule has 4 heteroatoms. The SMILES string of the molecule is Cc1ccc(NCCC(C)S(C)=O)c(C#N)c1. The molecule has 0 radical (unpaired) electrons. The fourth-order valence-corrected chi connectivity index (χ4v) is 1.93. The van der Waals surface area contributed by atoms with E-state index in [-0.39, 0.29) is 5.25 Å². The highest BCUT2D eigenvalue weighted by Gasteiger charge is 2.06. The van der Waals surface area contributed by atoms with Crippen molar-refractivity contribution in [3.05, 3.63) is 29.3 Å². The smallest absolute Gasteiger partial charge is 0.101 e. The van der Waals surface area contributed by atoms with Gasteiger partial charge in [-0.15, -0.1) is 0 Å². The molecular weight excluding hydrogens is 232 g/mol. The Morgan fingerprint density at radius 3 is 2.82 bits per heavy atom. The molecule has 0 fully saturated rings. The summed E-state index contributed by atoms with van der Waals surface area (Å²) in [6.07, 6.45) is 2.55. The number of nitrogens with one attached hydrogen (secondary N) is 1. The zero-order valence-electron chi connectivity index (χ0n) is 10.5. The Bertz CT molecular complexity index is 451. The van der Waals surface area contributed by atoms with Gasteiger partial charge in [0.1, 0.15) is 6.07 Å². The van der Waals surface area contributed by atoms with Crippen molar-refractivity contribution in [2.75, 3.05) is 18.1 Å². The quantitative estimate of drug-likeness (QED) is 0.873. The summed E-state index contributed by atoms with van der Waals surface area (Å²) in [7, 11) is -0.784. The predicted octanol–water partition coefficient (Wildman–Crippen LogP) is 2.44. The van der Waals surface area contributed by atoms with Gasteiger partial charge in [-0.2, -0.15) is 5.26 Å². The number of aryl methyl sites for hydroxylation is 1. The molecule has 0 aliphatic rings. The van der Waals surface area contributed by atoms with Crippen molar-refractivity contribution in [1.29, 1.82) is 5.26 Å². The molecule has 0 heterocycles. The zero-order valence-corrected chi connectivity index (χ0v) is 11.3. The summed E-state index contributed by atoms with van der Waals surface area (Å²) in [5.74, 6) is 0. The van der Waals surface area contributed by atoms with E-state index in [1.165, 1.54) is 0 Å². The van der Waals surface area contributed by atoms with Crippen LogP contribution in [0.5, 0.6) is 0 Å². The van der Waals surface area contributed by atoms with Crippen molar-refractivity contribution in [2.24, 2.45) is 0 Å². The van der Waals surface area contributed by atoms with Gasteiger partial charge < -0.3 is 5.32 Å². The topological polar surface area (TPSA) is 52.9 Å². The highest BCUT2D eigenvalue weighted by Crippen LogP contribution is 2.16. The number of rotatable bonds is 5. The molecule has 1 rings (SSSR count). The lowest BCUT2D eigenvalue weighted by Gasteiger charge is -2.11. The molecule has 0 aromatic heterocycles. The number of nitrogens with zero attached hydrogens (tertiary/aromatic N) is 1. The molecule has 0 aliphatic carbocycles. The molecule has 0 saturated heterocycles. The lowest BCUT2D eigenvalue weighted by Crippen LogP contribution is -2.15. The first-order valence-electron chi connectivity index (χ1n) is 5.61. The summed E-state index contributed by atoms with van der Waals surface area (Å²) in [6, 6.07) is 7.93. The summed E-state index contributed by atoms with van der Waals surface area (Å²) in [4.78, 5) is 0. The first-order chi connectivity index (χ1) is 8.04. The van der Waals surface area contributed by atoms with E-state index in [4.69, 9.17) is 5.26 Å². The van der Waals surface area contributed by atoms with E-state index in [2.05, 4.69) is 11.4 Å². The number of anilines is 1. The lowest BCUT2D eigenvalue weighted by atomic mass is 10.1. The molecule has 2 atom stereocenters. The van der Waals surface area contributed by atoms with E-state index < -0.39 is 10.8 Å². The average Bonchev–Trinajstić information content (AvgIpc) is 2.30. The van der Waals surface area contributed by atoms with Gasteiger partial charge in [0.2, 0.25) is 0 Å². The molecule has 0 saturated carbocycles. The van der Waals surface area contributed by atoms with Crippen molar-refractivity contribution in [3.8, 4) is 6.07 Å². The van der Waals surface area contributed by atoms with Crippen LogP contribution in [0.1, 0.15) is 24.5 Å². The predicted molar refractivity (Wildman–Crippen MR) is 72.5 cm³/mol. The van der Waals surface area contributed by atoms with Crippen molar-refractivity contribution >= 4 is 16.5 Å². The van der Waals surface area contributed by atoms with Crippen molar-refractivity contribution in [1.82, 2.24) is 0 Å². The largest absolute Gasteiger partial charge is 0.384 e. The lowest BCUT2D eigenvalue weighted by molar-refractivity contribution is 0.672. The molecule has 1 N–H and O–H groups in total. The Kier molecular flexibility index (Phi) is 5.17. The summed E-state index contributed by atoms with van der Waals surface area (Å²) >= 11 is 0. The minimum absolute atomic E-state index is 0.179. The highest BCUT2D eigenvalue weighted by atomic mass is 32.2. The van der Waals surface area contributed by atoms with Gasteiger partial charge in [-0.3, -0.25) is 4.21 Å². The minimum Gasteiger partial charge on any atom is -0.384 e. The summed E-state index contributed by atoms with van der Waals surface area (Å²) < 4.78 is 11.2. The Labute approximate surface area is 105 Å². The maximum absolute atomic E-state index is 11.2. The van der Waals surface area contributed by atoms with E-state index in [1.54, 1.807) is 6.26 Å². The molecule has 0 aliphatic heterocycles. The molecule has 17 heavy (non-hydrogen) atoms. The van der Waals surface area contributed by atoms with Gasteiger partial charge in [0.15, 0.2) is 0 Å². The molecule has 1 aromatic carbocycles. The molecule has 0 spiro atoms. The second kappa shape index (κ2) is 6.41. The van der Waals surface area contributed by atoms with Gasteiger partial charge in [-0.25, -0.2) is 0 Å². The van der Waals surface area contributed by atoms with Gasteiger partial charge in [0.05, 0.1) is 11.3 Å². The first-order valence-corrected chi connectivity index (χ1v) is 7.23. The van der Waals surface area contributed by atoms with Crippen LogP contribution in [0.2, 0.25) is 0 Å². The van der Waals surface area contributed by atoms with E-state index in [0.717, 1.165) is 24.2 Å². The summed E-state index contributed by atoms with van der Waals surface area (Å²) in [5, 5.41) is 12.4. The first kappa shape index (κ1) is 13.7. The normalized spacial score (nSPS) is 13.8. The zero-order chi connectivity index (χ0) is 12.8. The third-order valence-corrected chi connectivity index (χ3v) is 4.10. The van der Waals surface area contributed by atoms with Crippen LogP contribution in [0.4, 0.5) is 5.69 Å². The van der Waals surface area contributed by atoms with Crippen LogP contribution in [-0.4, -0.2) is 22.3 Å². The van der Waals surface area contributed by atoms with Crippen LogP contribution >= 0.6 is 0 Å². The molecular formula is C13H18N2OS. The fraction of sp³-hybridized carbons (Fsp3) is 0.462. The number of benzene rings is 1. The monoisotopic (exact) mass is 250 g/mol. The van der Waals surface area contributed by atoms with Crippen molar-refractivity contribution < 1.29 is 4.21 Å². The van der Waals surface area contributed by atoms with Crippen LogP contribution in [-0.2, 0) is 10.8 Å². The Balaban J connectivity index is 2.58. The molecule has 0 bridgehead atoms. The van der Waals surface area contributed by atoms with E-state index >= 15 is 0 Å². The number of hydrogen-bond acceptors (Lipinski definition) is 3. The van der Waals surface area contributed by atoms with Gasteiger partial charge >= 0.3 is 0 Å². The third kappa shape index (κ3) is 4.20. The Morgan fingerprint density at radius 2 is 2.24 bits per heavy atom. The minimum atomic E-state index is -0.784. The van der Waals surface area contributed by atoms with Crippen molar-refractivity contribution in [2.45, 2.75) is 25.5 Å².